The van der Waals surface area contributed by atoms with Crippen molar-refractivity contribution >= 4 is 40.8 Å². The van der Waals surface area contributed by atoms with Crippen molar-refractivity contribution < 1.29 is 14.3 Å². The van der Waals surface area contributed by atoms with Crippen molar-refractivity contribution in [3.8, 4) is 17.0 Å². The number of primary amides is 1. The maximum absolute atomic E-state index is 13.4. The van der Waals surface area contributed by atoms with Gasteiger partial charge in [0.25, 0.3) is 5.91 Å². The molecule has 2 heterocycles. The topological polar surface area (TPSA) is 102 Å². The van der Waals surface area contributed by atoms with E-state index in [1.807, 2.05) is 18.2 Å². The van der Waals surface area contributed by atoms with Gasteiger partial charge in [0.05, 0.1) is 41.5 Å². The third-order valence-electron chi connectivity index (χ3n) is 5.04. The molecule has 160 valence electrons. The van der Waals surface area contributed by atoms with Gasteiger partial charge in [-0.15, -0.1) is 0 Å². The first-order chi connectivity index (χ1) is 14.9. The minimum Gasteiger partial charge on any atom is -0.497 e. The van der Waals surface area contributed by atoms with Crippen molar-refractivity contribution in [2.75, 3.05) is 19.0 Å². The van der Waals surface area contributed by atoms with E-state index in [2.05, 4.69) is 10.4 Å². The Morgan fingerprint density at radius 3 is 2.65 bits per heavy atom. The summed E-state index contributed by atoms with van der Waals surface area (Å²) < 4.78 is 7.05. The summed E-state index contributed by atoms with van der Waals surface area (Å²) in [5.41, 5.74) is 8.11. The summed E-state index contributed by atoms with van der Waals surface area (Å²) in [6.07, 6.45) is 0. The van der Waals surface area contributed by atoms with Crippen LogP contribution in [0.15, 0.2) is 42.5 Å². The maximum Gasteiger partial charge on any atom is 0.315 e. The van der Waals surface area contributed by atoms with Gasteiger partial charge < -0.3 is 20.7 Å². The van der Waals surface area contributed by atoms with Crippen LogP contribution in [-0.4, -0.2) is 40.3 Å². The molecule has 0 unspecified atom stereocenters. The zero-order valence-electron chi connectivity index (χ0n) is 16.6. The summed E-state index contributed by atoms with van der Waals surface area (Å²) in [6, 6.07) is 11.6. The molecule has 0 atom stereocenters. The van der Waals surface area contributed by atoms with Crippen LogP contribution < -0.4 is 15.8 Å². The molecule has 0 radical (unpaired) electrons. The first-order valence-corrected chi connectivity index (χ1v) is 10.2. The highest BCUT2D eigenvalue weighted by Crippen LogP contribution is 2.32. The molecule has 1 aliphatic heterocycles. The first-order valence-electron chi connectivity index (χ1n) is 9.42. The Hall–Kier alpha value is -3.23. The molecule has 0 fully saturated rings. The number of hydrogen-bond donors (Lipinski definition) is 2. The lowest BCUT2D eigenvalue weighted by atomic mass is 10.0. The summed E-state index contributed by atoms with van der Waals surface area (Å²) in [5.74, 6) is 0.252. The van der Waals surface area contributed by atoms with E-state index >= 15 is 0 Å². The van der Waals surface area contributed by atoms with Gasteiger partial charge in [-0.3, -0.25) is 9.48 Å². The van der Waals surface area contributed by atoms with Crippen LogP contribution in [0.5, 0.6) is 5.75 Å². The number of ether oxygens (including phenoxy) is 1. The van der Waals surface area contributed by atoms with Crippen molar-refractivity contribution in [2.45, 2.75) is 13.1 Å². The summed E-state index contributed by atoms with van der Waals surface area (Å²) >= 11 is 12.1. The van der Waals surface area contributed by atoms with Crippen LogP contribution in [0.4, 0.5) is 10.5 Å². The van der Waals surface area contributed by atoms with E-state index in [0.29, 0.717) is 57.1 Å². The fourth-order valence-electron chi connectivity index (χ4n) is 3.48. The highest BCUT2D eigenvalue weighted by Gasteiger charge is 2.30. The number of fused-ring (bicyclic) bond motifs is 1. The minimum absolute atomic E-state index is 0.177. The van der Waals surface area contributed by atoms with E-state index < -0.39 is 6.03 Å². The molecule has 0 saturated carbocycles. The highest BCUT2D eigenvalue weighted by molar-refractivity contribution is 6.42. The van der Waals surface area contributed by atoms with E-state index in [0.717, 1.165) is 0 Å². The standard InChI is InChI=1S/C21H19Cl2N5O3/c1-31-14-4-2-3-12(9-14)19-18(17-11-27(21(24)30)7-8-28(17)26-19)20(29)25-13-5-6-15(22)16(23)10-13/h2-6,9-10H,7-8,11H2,1H3,(H2,24,30)(H,25,29). The normalized spacial score (nSPS) is 12.9. The van der Waals surface area contributed by atoms with Crippen molar-refractivity contribution in [2.24, 2.45) is 5.73 Å². The Labute approximate surface area is 188 Å². The molecule has 10 heteroatoms. The lowest BCUT2D eigenvalue weighted by molar-refractivity contribution is 0.102. The zero-order valence-corrected chi connectivity index (χ0v) is 18.1. The minimum atomic E-state index is -0.550. The van der Waals surface area contributed by atoms with Crippen LogP contribution in [0.3, 0.4) is 0 Å². The van der Waals surface area contributed by atoms with Crippen LogP contribution in [0.25, 0.3) is 11.3 Å². The average Bonchev–Trinajstić information content (AvgIpc) is 3.15. The summed E-state index contributed by atoms with van der Waals surface area (Å²) in [6.45, 7) is 1.02. The van der Waals surface area contributed by atoms with Crippen LogP contribution >= 0.6 is 23.2 Å². The Balaban J connectivity index is 1.79. The second-order valence-electron chi connectivity index (χ2n) is 6.97. The quantitative estimate of drug-likeness (QED) is 0.614. The molecule has 3 amide bonds. The molecular formula is C21H19Cl2N5O3. The van der Waals surface area contributed by atoms with Crippen molar-refractivity contribution in [3.63, 3.8) is 0 Å². The number of nitrogens with one attached hydrogen (secondary N) is 1. The predicted molar refractivity (Wildman–Crippen MR) is 119 cm³/mol. The highest BCUT2D eigenvalue weighted by atomic mass is 35.5. The van der Waals surface area contributed by atoms with E-state index in [1.54, 1.807) is 36.1 Å². The molecule has 0 spiro atoms. The number of nitrogens with two attached hydrogens (primary N) is 1. The number of urea groups is 1. The van der Waals surface area contributed by atoms with Crippen molar-refractivity contribution in [1.82, 2.24) is 14.7 Å². The van der Waals surface area contributed by atoms with Gasteiger partial charge in [0.1, 0.15) is 11.4 Å². The number of carbonyl (C=O) groups excluding carboxylic acids is 2. The Morgan fingerprint density at radius 1 is 1.13 bits per heavy atom. The Kier molecular flexibility index (Phi) is 5.75. The zero-order chi connectivity index (χ0) is 22.1. The number of rotatable bonds is 4. The van der Waals surface area contributed by atoms with Crippen molar-refractivity contribution in [3.05, 3.63) is 63.8 Å². The molecule has 2 aromatic carbocycles. The molecular weight excluding hydrogens is 441 g/mol. The molecule has 1 aromatic heterocycles. The third kappa shape index (κ3) is 4.17. The van der Waals surface area contributed by atoms with Crippen LogP contribution in [0, 0.1) is 0 Å². The predicted octanol–water partition coefficient (Wildman–Crippen LogP) is 4.01. The smallest absolute Gasteiger partial charge is 0.315 e. The number of aromatic nitrogens is 2. The van der Waals surface area contributed by atoms with Gasteiger partial charge in [-0.1, -0.05) is 35.3 Å². The monoisotopic (exact) mass is 459 g/mol. The number of hydrogen-bond acceptors (Lipinski definition) is 4. The molecule has 1 aliphatic rings. The Morgan fingerprint density at radius 2 is 1.94 bits per heavy atom. The van der Waals surface area contributed by atoms with E-state index in [-0.39, 0.29) is 12.5 Å². The van der Waals surface area contributed by atoms with E-state index in [1.165, 1.54) is 4.90 Å². The number of carbonyl (C=O) groups is 2. The van der Waals surface area contributed by atoms with Gasteiger partial charge in [0.15, 0.2) is 0 Å². The summed E-state index contributed by atoms with van der Waals surface area (Å²) in [4.78, 5) is 26.6. The Bertz CT molecular complexity index is 1180. The first kappa shape index (κ1) is 21.0. The lowest BCUT2D eigenvalue weighted by Crippen LogP contribution is -2.42. The maximum atomic E-state index is 13.4. The number of anilines is 1. The number of methoxy groups -OCH3 is 1. The lowest BCUT2D eigenvalue weighted by Gasteiger charge is -2.26. The summed E-state index contributed by atoms with van der Waals surface area (Å²) in [5, 5.41) is 8.21. The molecule has 0 bridgehead atoms. The fourth-order valence-corrected chi connectivity index (χ4v) is 3.78. The van der Waals surface area contributed by atoms with Crippen LogP contribution in [0.1, 0.15) is 16.1 Å². The van der Waals surface area contributed by atoms with Crippen LogP contribution in [0.2, 0.25) is 10.0 Å². The third-order valence-corrected chi connectivity index (χ3v) is 5.78. The van der Waals surface area contributed by atoms with Gasteiger partial charge in [-0.05, 0) is 30.3 Å². The number of nitrogens with zero attached hydrogens (tertiary/aromatic N) is 3. The van der Waals surface area contributed by atoms with Crippen molar-refractivity contribution in [1.29, 1.82) is 0 Å². The molecule has 4 rings (SSSR count). The van der Waals surface area contributed by atoms with Gasteiger partial charge in [0, 0.05) is 17.8 Å². The van der Waals surface area contributed by atoms with E-state index in [9.17, 15) is 9.59 Å². The molecule has 0 saturated heterocycles. The van der Waals surface area contributed by atoms with Gasteiger partial charge in [-0.25, -0.2) is 4.79 Å². The SMILES string of the molecule is COc1cccc(-c2nn3c(c2C(=O)Nc2ccc(Cl)c(Cl)c2)CN(C(N)=O)CC3)c1. The number of halogens is 2. The summed E-state index contributed by atoms with van der Waals surface area (Å²) in [7, 11) is 1.57. The number of amides is 3. The largest absolute Gasteiger partial charge is 0.497 e. The molecule has 3 aromatic rings. The van der Waals surface area contributed by atoms with Gasteiger partial charge in [-0.2, -0.15) is 5.10 Å². The second-order valence-corrected chi connectivity index (χ2v) is 7.78. The molecule has 0 aliphatic carbocycles. The fraction of sp³-hybridized carbons (Fsp3) is 0.190. The molecule has 3 N–H and O–H groups in total. The number of benzene rings is 2. The molecule has 8 nitrogen and oxygen atoms in total. The van der Waals surface area contributed by atoms with Gasteiger partial charge >= 0.3 is 6.03 Å². The van der Waals surface area contributed by atoms with E-state index in [4.69, 9.17) is 33.7 Å². The second kappa shape index (κ2) is 8.49. The molecule has 31 heavy (non-hydrogen) atoms. The van der Waals surface area contributed by atoms with Crippen LogP contribution in [-0.2, 0) is 13.1 Å². The van der Waals surface area contributed by atoms with Gasteiger partial charge in [0.2, 0.25) is 0 Å². The average molecular weight is 460 g/mol.